The Bertz CT molecular complexity index is 585. The van der Waals surface area contributed by atoms with Crippen LogP contribution in [0.15, 0.2) is 42.6 Å². The Morgan fingerprint density at radius 2 is 2.15 bits per heavy atom. The number of benzene rings is 1. The Kier molecular flexibility index (Phi) is 4.55. The van der Waals surface area contributed by atoms with Crippen molar-refractivity contribution in [3.05, 3.63) is 53.9 Å². The number of nitrogens with zero attached hydrogens (tertiary/aromatic N) is 1. The highest BCUT2D eigenvalue weighted by Gasteiger charge is 2.10. The molecule has 0 aliphatic carbocycles. The molecule has 1 aromatic heterocycles. The Morgan fingerprint density at radius 1 is 1.30 bits per heavy atom. The maximum absolute atomic E-state index is 11.9. The number of nitrogen functional groups attached to an aromatic ring is 1. The number of rotatable bonds is 5. The van der Waals surface area contributed by atoms with Gasteiger partial charge in [0, 0.05) is 6.20 Å². The van der Waals surface area contributed by atoms with E-state index < -0.39 is 5.97 Å². The molecule has 20 heavy (non-hydrogen) atoms. The van der Waals surface area contributed by atoms with Crippen LogP contribution in [0.25, 0.3) is 0 Å². The van der Waals surface area contributed by atoms with E-state index >= 15 is 0 Å². The van der Waals surface area contributed by atoms with Crippen LogP contribution in [0.4, 0.5) is 5.69 Å². The summed E-state index contributed by atoms with van der Waals surface area (Å²) in [7, 11) is 0. The number of aromatic nitrogens is 1. The summed E-state index contributed by atoms with van der Waals surface area (Å²) in [4.78, 5) is 16.0. The van der Waals surface area contributed by atoms with Crippen LogP contribution < -0.4 is 10.5 Å². The molecule has 1 aromatic carbocycles. The molecule has 0 fully saturated rings. The van der Waals surface area contributed by atoms with Crippen LogP contribution in [0.3, 0.4) is 0 Å². The average Bonchev–Trinajstić information content (AvgIpc) is 2.48. The number of anilines is 1. The topological polar surface area (TPSA) is 74.4 Å². The van der Waals surface area contributed by atoms with Gasteiger partial charge in [-0.15, -0.1) is 0 Å². The third kappa shape index (κ3) is 3.47. The number of carbonyl (C=O) groups is 1. The van der Waals surface area contributed by atoms with Crippen LogP contribution in [-0.2, 0) is 11.3 Å². The molecule has 0 unspecified atom stereocenters. The van der Waals surface area contributed by atoms with Crippen molar-refractivity contribution >= 4 is 11.7 Å². The molecule has 2 rings (SSSR count). The van der Waals surface area contributed by atoms with Gasteiger partial charge in [0.2, 0.25) is 0 Å². The van der Waals surface area contributed by atoms with Gasteiger partial charge in [-0.3, -0.25) is 4.98 Å². The lowest BCUT2D eigenvalue weighted by molar-refractivity contribution is 0.0468. The van der Waals surface area contributed by atoms with Crippen LogP contribution in [0.1, 0.15) is 23.0 Å². The summed E-state index contributed by atoms with van der Waals surface area (Å²) in [6.07, 6.45) is 1.65. The summed E-state index contributed by atoms with van der Waals surface area (Å²) < 4.78 is 10.5. The Morgan fingerprint density at radius 3 is 2.80 bits per heavy atom. The van der Waals surface area contributed by atoms with E-state index in [1.165, 1.54) is 0 Å². The molecule has 0 aliphatic rings. The fraction of sp³-hybridized carbons (Fsp3) is 0.200. The molecule has 0 spiro atoms. The van der Waals surface area contributed by atoms with Gasteiger partial charge in [-0.1, -0.05) is 6.07 Å². The summed E-state index contributed by atoms with van der Waals surface area (Å²) in [6, 6.07) is 10.3. The standard InChI is InChI=1S/C15H16N2O3/c1-2-19-14-7-6-11(9-13(14)16)15(18)20-10-12-5-3-4-8-17-12/h3-9H,2,10,16H2,1H3. The van der Waals surface area contributed by atoms with Gasteiger partial charge in [0.15, 0.2) is 0 Å². The van der Waals surface area contributed by atoms with Crippen molar-refractivity contribution in [1.29, 1.82) is 0 Å². The number of hydrogen-bond donors (Lipinski definition) is 1. The van der Waals surface area contributed by atoms with E-state index in [0.29, 0.717) is 29.3 Å². The van der Waals surface area contributed by atoms with Crippen molar-refractivity contribution in [3.8, 4) is 5.75 Å². The van der Waals surface area contributed by atoms with E-state index in [-0.39, 0.29) is 6.61 Å². The summed E-state index contributed by atoms with van der Waals surface area (Å²) in [5, 5.41) is 0. The Hall–Kier alpha value is -2.56. The van der Waals surface area contributed by atoms with E-state index in [0.717, 1.165) is 0 Å². The Labute approximate surface area is 117 Å². The SMILES string of the molecule is CCOc1ccc(C(=O)OCc2ccccn2)cc1N. The molecule has 0 amide bonds. The van der Waals surface area contributed by atoms with Crippen molar-refractivity contribution in [2.75, 3.05) is 12.3 Å². The van der Waals surface area contributed by atoms with Crippen molar-refractivity contribution in [3.63, 3.8) is 0 Å². The van der Waals surface area contributed by atoms with Crippen LogP contribution >= 0.6 is 0 Å². The van der Waals surface area contributed by atoms with Gasteiger partial charge >= 0.3 is 5.97 Å². The molecule has 2 N–H and O–H groups in total. The minimum Gasteiger partial charge on any atom is -0.492 e. The number of ether oxygens (including phenoxy) is 2. The summed E-state index contributed by atoms with van der Waals surface area (Å²) >= 11 is 0. The van der Waals surface area contributed by atoms with Crippen LogP contribution in [0.2, 0.25) is 0 Å². The molecule has 2 aromatic rings. The number of esters is 1. The van der Waals surface area contributed by atoms with Crippen LogP contribution in [0.5, 0.6) is 5.75 Å². The predicted octanol–water partition coefficient (Wildman–Crippen LogP) is 2.42. The summed E-state index contributed by atoms with van der Waals surface area (Å²) in [6.45, 7) is 2.52. The van der Waals surface area contributed by atoms with Gasteiger partial charge in [-0.25, -0.2) is 4.79 Å². The fourth-order valence-electron chi connectivity index (χ4n) is 1.67. The molecule has 0 aliphatic heterocycles. The van der Waals surface area contributed by atoms with E-state index in [9.17, 15) is 4.79 Å². The lowest BCUT2D eigenvalue weighted by Crippen LogP contribution is -2.07. The lowest BCUT2D eigenvalue weighted by Gasteiger charge is -2.09. The second kappa shape index (κ2) is 6.56. The molecular weight excluding hydrogens is 256 g/mol. The zero-order valence-corrected chi connectivity index (χ0v) is 11.2. The number of nitrogens with two attached hydrogens (primary N) is 1. The highest BCUT2D eigenvalue weighted by Crippen LogP contribution is 2.23. The molecule has 5 nitrogen and oxygen atoms in total. The smallest absolute Gasteiger partial charge is 0.338 e. The van der Waals surface area contributed by atoms with Gasteiger partial charge in [0.25, 0.3) is 0 Å². The first-order chi connectivity index (χ1) is 9.70. The van der Waals surface area contributed by atoms with Gasteiger partial charge in [0.05, 0.1) is 23.6 Å². The third-order valence-corrected chi connectivity index (χ3v) is 2.62. The molecule has 0 radical (unpaired) electrons. The van der Waals surface area contributed by atoms with E-state index in [1.807, 2.05) is 13.0 Å². The van der Waals surface area contributed by atoms with Gasteiger partial charge in [0.1, 0.15) is 12.4 Å². The van der Waals surface area contributed by atoms with Gasteiger partial charge < -0.3 is 15.2 Å². The minimum atomic E-state index is -0.439. The van der Waals surface area contributed by atoms with Crippen molar-refractivity contribution in [2.24, 2.45) is 0 Å². The molecule has 104 valence electrons. The minimum absolute atomic E-state index is 0.132. The Balaban J connectivity index is 2.00. The first-order valence-corrected chi connectivity index (χ1v) is 6.30. The maximum Gasteiger partial charge on any atom is 0.338 e. The maximum atomic E-state index is 11.9. The monoisotopic (exact) mass is 272 g/mol. The first kappa shape index (κ1) is 13.9. The van der Waals surface area contributed by atoms with Crippen molar-refractivity contribution in [2.45, 2.75) is 13.5 Å². The second-order valence-electron chi connectivity index (χ2n) is 4.08. The lowest BCUT2D eigenvalue weighted by atomic mass is 10.2. The van der Waals surface area contributed by atoms with E-state index in [1.54, 1.807) is 36.5 Å². The highest BCUT2D eigenvalue weighted by molar-refractivity contribution is 5.91. The summed E-state index contributed by atoms with van der Waals surface area (Å²) in [5.41, 5.74) is 7.31. The van der Waals surface area contributed by atoms with E-state index in [4.69, 9.17) is 15.2 Å². The normalized spacial score (nSPS) is 10.1. The van der Waals surface area contributed by atoms with Crippen LogP contribution in [-0.4, -0.2) is 17.6 Å². The molecule has 1 heterocycles. The zero-order chi connectivity index (χ0) is 14.4. The molecule has 0 saturated carbocycles. The van der Waals surface area contributed by atoms with Gasteiger partial charge in [-0.05, 0) is 37.3 Å². The number of pyridine rings is 1. The van der Waals surface area contributed by atoms with Crippen LogP contribution in [0, 0.1) is 0 Å². The highest BCUT2D eigenvalue weighted by atomic mass is 16.5. The largest absolute Gasteiger partial charge is 0.492 e. The predicted molar refractivity (Wildman–Crippen MR) is 75.4 cm³/mol. The zero-order valence-electron chi connectivity index (χ0n) is 11.2. The quantitative estimate of drug-likeness (QED) is 0.668. The van der Waals surface area contributed by atoms with E-state index in [2.05, 4.69) is 4.98 Å². The number of hydrogen-bond acceptors (Lipinski definition) is 5. The third-order valence-electron chi connectivity index (χ3n) is 2.62. The average molecular weight is 272 g/mol. The molecule has 0 bridgehead atoms. The molecule has 5 heteroatoms. The molecule has 0 saturated heterocycles. The van der Waals surface area contributed by atoms with Gasteiger partial charge in [-0.2, -0.15) is 0 Å². The molecular formula is C15H16N2O3. The second-order valence-corrected chi connectivity index (χ2v) is 4.08. The summed E-state index contributed by atoms with van der Waals surface area (Å²) in [5.74, 6) is 0.124. The first-order valence-electron chi connectivity index (χ1n) is 6.30. The number of carbonyl (C=O) groups excluding carboxylic acids is 1. The fourth-order valence-corrected chi connectivity index (χ4v) is 1.67. The molecule has 0 atom stereocenters. The van der Waals surface area contributed by atoms with Crippen molar-refractivity contribution in [1.82, 2.24) is 4.98 Å². The van der Waals surface area contributed by atoms with Crippen molar-refractivity contribution < 1.29 is 14.3 Å².